The van der Waals surface area contributed by atoms with Crippen LogP contribution >= 0.6 is 0 Å². The van der Waals surface area contributed by atoms with Gasteiger partial charge >= 0.3 is 0 Å². The Hall–Kier alpha value is -2.47. The summed E-state index contributed by atoms with van der Waals surface area (Å²) in [6.07, 6.45) is 1.42. The monoisotopic (exact) mass is 259 g/mol. The van der Waals surface area contributed by atoms with Gasteiger partial charge in [0.05, 0.1) is 11.0 Å². The van der Waals surface area contributed by atoms with Crippen LogP contribution in [-0.2, 0) is 6.54 Å². The Morgan fingerprint density at radius 3 is 2.89 bits per heavy atom. The zero-order valence-electron chi connectivity index (χ0n) is 10.4. The first-order valence-corrected chi connectivity index (χ1v) is 5.68. The quantitative estimate of drug-likeness (QED) is 0.673. The molecule has 0 saturated carbocycles. The van der Waals surface area contributed by atoms with Crippen LogP contribution in [-0.4, -0.2) is 9.91 Å². The van der Waals surface area contributed by atoms with E-state index >= 15 is 0 Å². The topological polar surface area (TPSA) is 91.3 Å². The third-order valence-electron chi connectivity index (χ3n) is 2.60. The van der Waals surface area contributed by atoms with Crippen LogP contribution in [0.1, 0.15) is 11.1 Å². The molecule has 0 aliphatic carbocycles. The molecule has 0 atom stereocenters. The number of nitrogens with zero attached hydrogens (tertiary/aromatic N) is 2. The molecule has 0 aliphatic heterocycles. The second-order valence-corrected chi connectivity index (χ2v) is 4.02. The fourth-order valence-corrected chi connectivity index (χ4v) is 1.60. The minimum atomic E-state index is -0.458. The van der Waals surface area contributed by atoms with E-state index in [0.29, 0.717) is 17.9 Å². The lowest BCUT2D eigenvalue weighted by Gasteiger charge is -2.06. The summed E-state index contributed by atoms with van der Waals surface area (Å²) in [7, 11) is 0. The van der Waals surface area contributed by atoms with E-state index in [0.717, 1.165) is 5.56 Å². The van der Waals surface area contributed by atoms with Crippen molar-refractivity contribution in [2.45, 2.75) is 13.5 Å². The molecule has 0 radical (unpaired) electrons. The van der Waals surface area contributed by atoms with Gasteiger partial charge in [0.1, 0.15) is 5.75 Å². The first-order valence-electron chi connectivity index (χ1n) is 5.68. The lowest BCUT2D eigenvalue weighted by molar-refractivity contribution is -0.385. The summed E-state index contributed by atoms with van der Waals surface area (Å²) in [5.41, 5.74) is 6.93. The number of hydrogen-bond donors (Lipinski definition) is 1. The summed E-state index contributed by atoms with van der Waals surface area (Å²) >= 11 is 0. The molecular formula is C13H13N3O3. The molecule has 6 heteroatoms. The summed E-state index contributed by atoms with van der Waals surface area (Å²) in [5.74, 6) is 0.736. The number of rotatable bonds is 4. The van der Waals surface area contributed by atoms with Gasteiger partial charge in [0.15, 0.2) is 0 Å². The van der Waals surface area contributed by atoms with Crippen molar-refractivity contribution in [2.75, 3.05) is 0 Å². The molecule has 6 nitrogen and oxygen atoms in total. The van der Waals surface area contributed by atoms with E-state index in [1.54, 1.807) is 25.1 Å². The number of nitrogens with two attached hydrogens (primary N) is 1. The summed E-state index contributed by atoms with van der Waals surface area (Å²) in [6, 6.07) is 8.50. The average molecular weight is 259 g/mol. The molecule has 0 amide bonds. The molecule has 0 saturated heterocycles. The molecule has 0 spiro atoms. The SMILES string of the molecule is Cc1cnc(Oc2cccc(CN)c2)cc1[N+](=O)[O-]. The highest BCUT2D eigenvalue weighted by Crippen LogP contribution is 2.25. The molecule has 1 aromatic carbocycles. The fraction of sp³-hybridized carbons (Fsp3) is 0.154. The molecule has 0 unspecified atom stereocenters. The van der Waals surface area contributed by atoms with Crippen molar-refractivity contribution in [3.63, 3.8) is 0 Å². The van der Waals surface area contributed by atoms with Crippen LogP contribution in [0.5, 0.6) is 11.6 Å². The Balaban J connectivity index is 2.28. The molecule has 2 N–H and O–H groups in total. The Labute approximate surface area is 110 Å². The predicted molar refractivity (Wildman–Crippen MR) is 70.0 cm³/mol. The summed E-state index contributed by atoms with van der Waals surface area (Å²) in [6.45, 7) is 2.03. The molecule has 19 heavy (non-hydrogen) atoms. The number of ether oxygens (including phenoxy) is 1. The molecule has 2 rings (SSSR count). The van der Waals surface area contributed by atoms with E-state index in [1.807, 2.05) is 6.07 Å². The highest BCUT2D eigenvalue weighted by Gasteiger charge is 2.13. The van der Waals surface area contributed by atoms with Crippen LogP contribution in [0.2, 0.25) is 0 Å². The van der Waals surface area contributed by atoms with Crippen molar-refractivity contribution in [3.8, 4) is 11.6 Å². The van der Waals surface area contributed by atoms with Gasteiger partial charge in [0.25, 0.3) is 5.69 Å². The molecular weight excluding hydrogens is 246 g/mol. The fourth-order valence-electron chi connectivity index (χ4n) is 1.60. The van der Waals surface area contributed by atoms with Crippen molar-refractivity contribution in [3.05, 3.63) is 57.8 Å². The molecule has 0 aliphatic rings. The maximum atomic E-state index is 10.8. The van der Waals surface area contributed by atoms with E-state index in [4.69, 9.17) is 10.5 Å². The van der Waals surface area contributed by atoms with Crippen molar-refractivity contribution < 1.29 is 9.66 Å². The number of nitro groups is 1. The third-order valence-corrected chi connectivity index (χ3v) is 2.60. The molecule has 98 valence electrons. The standard InChI is InChI=1S/C13H13N3O3/c1-9-8-15-13(6-12(9)16(17)18)19-11-4-2-3-10(5-11)7-14/h2-6,8H,7,14H2,1H3. The van der Waals surface area contributed by atoms with Crippen LogP contribution in [0.15, 0.2) is 36.5 Å². The first-order chi connectivity index (χ1) is 9.10. The maximum absolute atomic E-state index is 10.8. The smallest absolute Gasteiger partial charge is 0.279 e. The molecule has 0 fully saturated rings. The lowest BCUT2D eigenvalue weighted by atomic mass is 10.2. The Morgan fingerprint density at radius 1 is 1.42 bits per heavy atom. The minimum absolute atomic E-state index is 0.0139. The second-order valence-electron chi connectivity index (χ2n) is 4.02. The van der Waals surface area contributed by atoms with Crippen LogP contribution < -0.4 is 10.5 Å². The van der Waals surface area contributed by atoms with Gasteiger partial charge in [0.2, 0.25) is 5.88 Å². The number of aromatic nitrogens is 1. The van der Waals surface area contributed by atoms with E-state index in [9.17, 15) is 10.1 Å². The van der Waals surface area contributed by atoms with Crippen LogP contribution in [0.25, 0.3) is 0 Å². The second kappa shape index (κ2) is 5.45. The zero-order chi connectivity index (χ0) is 13.8. The normalized spacial score (nSPS) is 10.2. The van der Waals surface area contributed by atoms with E-state index in [2.05, 4.69) is 4.98 Å². The van der Waals surface area contributed by atoms with E-state index < -0.39 is 4.92 Å². The average Bonchev–Trinajstić information content (AvgIpc) is 2.41. The maximum Gasteiger partial charge on any atom is 0.279 e. The van der Waals surface area contributed by atoms with E-state index in [-0.39, 0.29) is 11.6 Å². The highest BCUT2D eigenvalue weighted by atomic mass is 16.6. The van der Waals surface area contributed by atoms with Gasteiger partial charge in [-0.15, -0.1) is 0 Å². The van der Waals surface area contributed by atoms with Crippen LogP contribution in [0.4, 0.5) is 5.69 Å². The van der Waals surface area contributed by atoms with Crippen molar-refractivity contribution >= 4 is 5.69 Å². The van der Waals surface area contributed by atoms with Gasteiger partial charge in [0, 0.05) is 18.3 Å². The molecule has 1 heterocycles. The summed E-state index contributed by atoms with van der Waals surface area (Å²) in [4.78, 5) is 14.4. The Morgan fingerprint density at radius 2 is 2.21 bits per heavy atom. The van der Waals surface area contributed by atoms with E-state index in [1.165, 1.54) is 12.3 Å². The van der Waals surface area contributed by atoms with Gasteiger partial charge in [-0.1, -0.05) is 12.1 Å². The van der Waals surface area contributed by atoms with Gasteiger partial charge in [-0.05, 0) is 24.6 Å². The highest BCUT2D eigenvalue weighted by molar-refractivity contribution is 5.42. The van der Waals surface area contributed by atoms with Crippen molar-refractivity contribution in [1.82, 2.24) is 4.98 Å². The molecule has 0 bridgehead atoms. The number of benzene rings is 1. The number of pyridine rings is 1. The first kappa shape index (κ1) is 13.0. The molecule has 2 aromatic rings. The van der Waals surface area contributed by atoms with Gasteiger partial charge in [-0.25, -0.2) is 4.98 Å². The minimum Gasteiger partial charge on any atom is -0.439 e. The van der Waals surface area contributed by atoms with Crippen LogP contribution in [0.3, 0.4) is 0 Å². The van der Waals surface area contributed by atoms with Gasteiger partial charge in [-0.2, -0.15) is 0 Å². The zero-order valence-corrected chi connectivity index (χ0v) is 10.4. The third kappa shape index (κ3) is 3.05. The molecule has 1 aromatic heterocycles. The van der Waals surface area contributed by atoms with Crippen LogP contribution in [0, 0.1) is 17.0 Å². The number of hydrogen-bond acceptors (Lipinski definition) is 5. The Bertz CT molecular complexity index is 614. The van der Waals surface area contributed by atoms with Gasteiger partial charge in [-0.3, -0.25) is 10.1 Å². The largest absolute Gasteiger partial charge is 0.439 e. The Kier molecular flexibility index (Phi) is 3.72. The summed E-state index contributed by atoms with van der Waals surface area (Å²) < 4.78 is 5.50. The lowest BCUT2D eigenvalue weighted by Crippen LogP contribution is -1.97. The van der Waals surface area contributed by atoms with Gasteiger partial charge < -0.3 is 10.5 Å². The summed E-state index contributed by atoms with van der Waals surface area (Å²) in [5, 5.41) is 10.8. The van der Waals surface area contributed by atoms with Crippen molar-refractivity contribution in [2.24, 2.45) is 5.73 Å². The number of aryl methyl sites for hydroxylation is 1. The predicted octanol–water partition coefficient (Wildman–Crippen LogP) is 2.55. The van der Waals surface area contributed by atoms with Crippen molar-refractivity contribution in [1.29, 1.82) is 0 Å².